The van der Waals surface area contributed by atoms with E-state index in [2.05, 4.69) is 5.32 Å². The summed E-state index contributed by atoms with van der Waals surface area (Å²) in [6.07, 6.45) is 3.37. The molecule has 1 atom stereocenters. The molecular formula is C15H18FNO5. The second-order valence-electron chi connectivity index (χ2n) is 4.36. The minimum Gasteiger partial charge on any atom is -0.493 e. The van der Waals surface area contributed by atoms with Crippen molar-refractivity contribution in [3.8, 4) is 11.5 Å². The largest absolute Gasteiger partial charge is 0.493 e. The lowest BCUT2D eigenvalue weighted by Crippen LogP contribution is -2.40. The predicted molar refractivity (Wildman–Crippen MR) is 77.8 cm³/mol. The average molecular weight is 311 g/mol. The molecule has 1 aromatic rings. The Morgan fingerprint density at radius 2 is 1.91 bits per heavy atom. The number of benzene rings is 1. The Morgan fingerprint density at radius 1 is 1.32 bits per heavy atom. The first-order chi connectivity index (χ1) is 10.4. The van der Waals surface area contributed by atoms with E-state index >= 15 is 0 Å². The zero-order valence-electron chi connectivity index (χ0n) is 12.6. The fourth-order valence-electron chi connectivity index (χ4n) is 1.76. The third-order valence-corrected chi connectivity index (χ3v) is 2.93. The molecule has 0 heterocycles. The van der Waals surface area contributed by atoms with Gasteiger partial charge in [-0.25, -0.2) is 9.18 Å². The number of amides is 1. The summed E-state index contributed by atoms with van der Waals surface area (Å²) in [5, 5.41) is 11.3. The number of methoxy groups -OCH3 is 2. The van der Waals surface area contributed by atoms with Gasteiger partial charge < -0.3 is 19.9 Å². The van der Waals surface area contributed by atoms with Crippen LogP contribution in [0.5, 0.6) is 11.5 Å². The molecular weight excluding hydrogens is 293 g/mol. The van der Waals surface area contributed by atoms with Gasteiger partial charge in [0.25, 0.3) is 5.91 Å². The highest BCUT2D eigenvalue weighted by atomic mass is 19.1. The van der Waals surface area contributed by atoms with Crippen molar-refractivity contribution < 1.29 is 28.6 Å². The van der Waals surface area contributed by atoms with E-state index in [0.29, 0.717) is 0 Å². The highest BCUT2D eigenvalue weighted by Gasteiger charge is 2.23. The fraction of sp³-hybridized carbons (Fsp3) is 0.333. The van der Waals surface area contributed by atoms with Crippen molar-refractivity contribution in [2.45, 2.75) is 19.4 Å². The molecule has 0 fully saturated rings. The molecule has 0 radical (unpaired) electrons. The number of hydrogen-bond acceptors (Lipinski definition) is 4. The first-order valence-electron chi connectivity index (χ1n) is 6.50. The highest BCUT2D eigenvalue weighted by molar-refractivity contribution is 5.97. The van der Waals surface area contributed by atoms with E-state index < -0.39 is 23.7 Å². The Bertz CT molecular complexity index is 586. The van der Waals surface area contributed by atoms with Crippen molar-refractivity contribution in [3.63, 3.8) is 0 Å². The molecule has 7 heteroatoms. The smallest absolute Gasteiger partial charge is 0.326 e. The van der Waals surface area contributed by atoms with Crippen molar-refractivity contribution in [3.05, 3.63) is 35.7 Å². The van der Waals surface area contributed by atoms with E-state index in [4.69, 9.17) is 14.6 Å². The minimum absolute atomic E-state index is 0.104. The second kappa shape index (κ2) is 8.02. The van der Waals surface area contributed by atoms with Crippen LogP contribution in [0.2, 0.25) is 0 Å². The lowest BCUT2D eigenvalue weighted by molar-refractivity contribution is -0.139. The zero-order valence-corrected chi connectivity index (χ0v) is 12.6. The zero-order chi connectivity index (χ0) is 16.7. The maximum atomic E-state index is 13.9. The fourth-order valence-corrected chi connectivity index (χ4v) is 1.76. The van der Waals surface area contributed by atoms with E-state index in [1.165, 1.54) is 14.2 Å². The van der Waals surface area contributed by atoms with Crippen LogP contribution in [-0.4, -0.2) is 37.2 Å². The highest BCUT2D eigenvalue weighted by Crippen LogP contribution is 2.29. The molecule has 1 unspecified atom stereocenters. The number of nitrogens with one attached hydrogen (secondary N) is 1. The lowest BCUT2D eigenvalue weighted by Gasteiger charge is -2.14. The third kappa shape index (κ3) is 4.21. The van der Waals surface area contributed by atoms with E-state index in [9.17, 15) is 14.0 Å². The number of hydrogen-bond donors (Lipinski definition) is 2. The SMILES string of the molecule is C/C=C/CC(NC(=O)c1cc(OC)c(OC)cc1F)C(=O)O. The van der Waals surface area contributed by atoms with Crippen molar-refractivity contribution in [1.29, 1.82) is 0 Å². The van der Waals surface area contributed by atoms with Gasteiger partial charge in [0.1, 0.15) is 11.9 Å². The number of carbonyl (C=O) groups excluding carboxylic acids is 1. The summed E-state index contributed by atoms with van der Waals surface area (Å²) in [6, 6.07) is 1.03. The normalized spacial score (nSPS) is 12.0. The molecule has 1 aromatic carbocycles. The lowest BCUT2D eigenvalue weighted by atomic mass is 10.1. The quantitative estimate of drug-likeness (QED) is 0.752. The van der Waals surface area contributed by atoms with Gasteiger partial charge >= 0.3 is 5.97 Å². The van der Waals surface area contributed by atoms with Gasteiger partial charge in [-0.1, -0.05) is 12.2 Å². The van der Waals surface area contributed by atoms with Crippen LogP contribution in [-0.2, 0) is 4.79 Å². The number of allylic oxidation sites excluding steroid dienone is 1. The Balaban J connectivity index is 3.03. The van der Waals surface area contributed by atoms with Crippen LogP contribution >= 0.6 is 0 Å². The molecule has 2 N–H and O–H groups in total. The number of rotatable bonds is 7. The Labute approximate surface area is 127 Å². The van der Waals surface area contributed by atoms with E-state index in [-0.39, 0.29) is 23.5 Å². The molecule has 0 spiro atoms. The standard InChI is InChI=1S/C15H18FNO5/c1-4-5-6-11(15(19)20)17-14(18)9-7-12(21-2)13(22-3)8-10(9)16/h4-5,7-8,11H,6H2,1-3H3,(H,17,18)(H,19,20)/b5-4+. The molecule has 0 aliphatic carbocycles. The molecule has 120 valence electrons. The summed E-state index contributed by atoms with van der Waals surface area (Å²) in [4.78, 5) is 23.2. The van der Waals surface area contributed by atoms with Crippen molar-refractivity contribution >= 4 is 11.9 Å². The van der Waals surface area contributed by atoms with Crippen LogP contribution in [0.15, 0.2) is 24.3 Å². The molecule has 0 saturated heterocycles. The minimum atomic E-state index is -1.20. The van der Waals surface area contributed by atoms with Gasteiger partial charge in [-0.3, -0.25) is 4.79 Å². The van der Waals surface area contributed by atoms with Crippen LogP contribution in [0.3, 0.4) is 0 Å². The van der Waals surface area contributed by atoms with Gasteiger partial charge in [-0.15, -0.1) is 0 Å². The summed E-state index contributed by atoms with van der Waals surface area (Å²) < 4.78 is 23.9. The van der Waals surface area contributed by atoms with Crippen LogP contribution in [0, 0.1) is 5.82 Å². The van der Waals surface area contributed by atoms with Gasteiger partial charge in [-0.05, 0) is 19.4 Å². The number of ether oxygens (including phenoxy) is 2. The van der Waals surface area contributed by atoms with Crippen LogP contribution in [0.1, 0.15) is 23.7 Å². The van der Waals surface area contributed by atoms with E-state index in [1.807, 2.05) is 0 Å². The van der Waals surface area contributed by atoms with Gasteiger partial charge in [0.05, 0.1) is 19.8 Å². The summed E-state index contributed by atoms with van der Waals surface area (Å²) in [6.45, 7) is 1.73. The van der Waals surface area contributed by atoms with Gasteiger partial charge in [0.15, 0.2) is 11.5 Å². The first-order valence-corrected chi connectivity index (χ1v) is 6.50. The molecule has 22 heavy (non-hydrogen) atoms. The Kier molecular flexibility index (Phi) is 6.37. The topological polar surface area (TPSA) is 84.9 Å². The first kappa shape index (κ1) is 17.5. The molecule has 0 aliphatic heterocycles. The summed E-state index contributed by atoms with van der Waals surface area (Å²) in [5.74, 6) is -2.55. The number of carboxylic acids is 1. The predicted octanol–water partition coefficient (Wildman–Crippen LogP) is 1.99. The number of halogens is 1. The van der Waals surface area contributed by atoms with Crippen LogP contribution < -0.4 is 14.8 Å². The summed E-state index contributed by atoms with van der Waals surface area (Å²) in [7, 11) is 2.69. The summed E-state index contributed by atoms with van der Waals surface area (Å²) in [5.41, 5.74) is -0.315. The van der Waals surface area contributed by atoms with Gasteiger partial charge in [-0.2, -0.15) is 0 Å². The number of carbonyl (C=O) groups is 2. The van der Waals surface area contributed by atoms with Crippen molar-refractivity contribution in [2.75, 3.05) is 14.2 Å². The van der Waals surface area contributed by atoms with Crippen molar-refractivity contribution in [1.82, 2.24) is 5.32 Å². The maximum Gasteiger partial charge on any atom is 0.326 e. The average Bonchev–Trinajstić information content (AvgIpc) is 2.50. The molecule has 0 aliphatic rings. The Morgan fingerprint density at radius 3 is 2.41 bits per heavy atom. The molecule has 0 saturated carbocycles. The molecule has 6 nitrogen and oxygen atoms in total. The van der Waals surface area contributed by atoms with E-state index in [1.54, 1.807) is 19.1 Å². The monoisotopic (exact) mass is 311 g/mol. The van der Waals surface area contributed by atoms with Crippen molar-refractivity contribution in [2.24, 2.45) is 0 Å². The molecule has 1 amide bonds. The van der Waals surface area contributed by atoms with E-state index in [0.717, 1.165) is 12.1 Å². The number of carboxylic acid groups (broad SMARTS) is 1. The van der Waals surface area contributed by atoms with Crippen LogP contribution in [0.25, 0.3) is 0 Å². The van der Waals surface area contributed by atoms with Crippen LogP contribution in [0.4, 0.5) is 4.39 Å². The third-order valence-electron chi connectivity index (χ3n) is 2.93. The molecule has 1 rings (SSSR count). The Hall–Kier alpha value is -2.57. The maximum absolute atomic E-state index is 13.9. The molecule has 0 bridgehead atoms. The summed E-state index contributed by atoms with van der Waals surface area (Å²) >= 11 is 0. The number of aliphatic carboxylic acids is 1. The van der Waals surface area contributed by atoms with Gasteiger partial charge in [0.2, 0.25) is 0 Å². The van der Waals surface area contributed by atoms with Gasteiger partial charge in [0, 0.05) is 6.07 Å². The molecule has 0 aromatic heterocycles. The second-order valence-corrected chi connectivity index (χ2v) is 4.36.